The molecule has 0 amide bonds. The van der Waals surface area contributed by atoms with Gasteiger partial charge in [0.1, 0.15) is 5.75 Å². The van der Waals surface area contributed by atoms with Gasteiger partial charge < -0.3 is 19.1 Å². The number of hydrogen-bond acceptors (Lipinski definition) is 4. The van der Waals surface area contributed by atoms with Crippen LogP contribution in [0.4, 0.5) is 0 Å². The number of fused-ring (bicyclic) bond motifs is 1. The number of likely N-dealkylation sites (N-methyl/N-ethyl adjacent to an activating group) is 1. The lowest BCUT2D eigenvalue weighted by molar-refractivity contribution is 0.297. The van der Waals surface area contributed by atoms with Gasteiger partial charge in [0.15, 0.2) is 11.5 Å². The summed E-state index contributed by atoms with van der Waals surface area (Å²) >= 11 is 0. The van der Waals surface area contributed by atoms with E-state index >= 15 is 0 Å². The van der Waals surface area contributed by atoms with Crippen LogP contribution in [0.25, 0.3) is 0 Å². The third kappa shape index (κ3) is 4.56. The molecule has 2 aromatic rings. The predicted octanol–water partition coefficient (Wildman–Crippen LogP) is 4.31. The smallest absolute Gasteiger partial charge is 0.164 e. The van der Waals surface area contributed by atoms with Crippen molar-refractivity contribution in [3.8, 4) is 17.2 Å². The van der Waals surface area contributed by atoms with Crippen LogP contribution in [-0.2, 0) is 12.8 Å². The first-order chi connectivity index (χ1) is 13.2. The van der Waals surface area contributed by atoms with Crippen LogP contribution in [0.2, 0.25) is 0 Å². The molecule has 3 rings (SSSR count). The quantitative estimate of drug-likeness (QED) is 0.694. The van der Waals surface area contributed by atoms with Gasteiger partial charge in [-0.05, 0) is 68.0 Å². The molecule has 27 heavy (non-hydrogen) atoms. The standard InChI is InChI=1S/C23H31NO3/c1-24(14-13-17-7-5-9-19(15-17)25-2)16-18-8-6-10-21-20(18)11-12-22(26-3)23(21)27-4/h5,7,9,11-12,15,18H,6,8,10,13-14,16H2,1-4H3. The van der Waals surface area contributed by atoms with E-state index in [1.54, 1.807) is 21.3 Å². The number of rotatable bonds is 8. The summed E-state index contributed by atoms with van der Waals surface area (Å²) in [5.74, 6) is 3.23. The minimum absolute atomic E-state index is 0.545. The Kier molecular flexibility index (Phi) is 6.62. The van der Waals surface area contributed by atoms with Gasteiger partial charge in [0.05, 0.1) is 21.3 Å². The Labute approximate surface area is 163 Å². The minimum Gasteiger partial charge on any atom is -0.497 e. The minimum atomic E-state index is 0.545. The van der Waals surface area contributed by atoms with Gasteiger partial charge in [-0.25, -0.2) is 0 Å². The van der Waals surface area contributed by atoms with Crippen LogP contribution in [0, 0.1) is 0 Å². The maximum atomic E-state index is 5.66. The molecule has 1 aliphatic rings. The summed E-state index contributed by atoms with van der Waals surface area (Å²) in [6.07, 6.45) is 4.52. The zero-order valence-corrected chi connectivity index (χ0v) is 17.0. The van der Waals surface area contributed by atoms with Crippen molar-refractivity contribution in [2.24, 2.45) is 0 Å². The molecule has 0 spiro atoms. The summed E-state index contributed by atoms with van der Waals surface area (Å²) < 4.78 is 16.5. The predicted molar refractivity (Wildman–Crippen MR) is 109 cm³/mol. The zero-order valence-electron chi connectivity index (χ0n) is 17.0. The maximum absolute atomic E-state index is 5.66. The molecular weight excluding hydrogens is 338 g/mol. The van der Waals surface area contributed by atoms with E-state index in [1.165, 1.54) is 29.5 Å². The van der Waals surface area contributed by atoms with Gasteiger partial charge in [-0.15, -0.1) is 0 Å². The van der Waals surface area contributed by atoms with Crippen molar-refractivity contribution in [2.45, 2.75) is 31.6 Å². The molecule has 4 heteroatoms. The van der Waals surface area contributed by atoms with Crippen LogP contribution in [0.15, 0.2) is 36.4 Å². The summed E-state index contributed by atoms with van der Waals surface area (Å²) in [5.41, 5.74) is 4.07. The van der Waals surface area contributed by atoms with Crippen molar-refractivity contribution in [3.63, 3.8) is 0 Å². The van der Waals surface area contributed by atoms with Crippen molar-refractivity contribution in [3.05, 3.63) is 53.1 Å². The van der Waals surface area contributed by atoms with Gasteiger partial charge in [-0.2, -0.15) is 0 Å². The second kappa shape index (κ2) is 9.14. The third-order valence-corrected chi connectivity index (χ3v) is 5.55. The Morgan fingerprint density at radius 2 is 1.89 bits per heavy atom. The lowest BCUT2D eigenvalue weighted by Gasteiger charge is -2.31. The fourth-order valence-electron chi connectivity index (χ4n) is 4.13. The molecule has 1 atom stereocenters. The van der Waals surface area contributed by atoms with E-state index in [-0.39, 0.29) is 0 Å². The Bertz CT molecular complexity index is 759. The van der Waals surface area contributed by atoms with Crippen LogP contribution in [0.3, 0.4) is 0 Å². The molecular formula is C23H31NO3. The Hall–Kier alpha value is -2.20. The molecule has 0 saturated heterocycles. The lowest BCUT2D eigenvalue weighted by atomic mass is 9.82. The van der Waals surface area contributed by atoms with Gasteiger partial charge in [0.25, 0.3) is 0 Å². The van der Waals surface area contributed by atoms with Crippen molar-refractivity contribution in [1.29, 1.82) is 0 Å². The maximum Gasteiger partial charge on any atom is 0.164 e. The topological polar surface area (TPSA) is 30.9 Å². The van der Waals surface area contributed by atoms with Crippen LogP contribution < -0.4 is 14.2 Å². The van der Waals surface area contributed by atoms with E-state index < -0.39 is 0 Å². The van der Waals surface area contributed by atoms with Crippen molar-refractivity contribution in [1.82, 2.24) is 4.90 Å². The highest BCUT2D eigenvalue weighted by atomic mass is 16.5. The summed E-state index contributed by atoms with van der Waals surface area (Å²) in [6, 6.07) is 12.6. The third-order valence-electron chi connectivity index (χ3n) is 5.55. The van der Waals surface area contributed by atoms with Gasteiger partial charge in [-0.3, -0.25) is 0 Å². The van der Waals surface area contributed by atoms with Crippen molar-refractivity contribution >= 4 is 0 Å². The Morgan fingerprint density at radius 1 is 1.04 bits per heavy atom. The second-order valence-electron chi connectivity index (χ2n) is 7.32. The molecule has 0 aromatic heterocycles. The van der Waals surface area contributed by atoms with Gasteiger partial charge in [0, 0.05) is 18.7 Å². The largest absolute Gasteiger partial charge is 0.497 e. The molecule has 0 bridgehead atoms. The van der Waals surface area contributed by atoms with Gasteiger partial charge >= 0.3 is 0 Å². The monoisotopic (exact) mass is 369 g/mol. The highest BCUT2D eigenvalue weighted by Gasteiger charge is 2.25. The van der Waals surface area contributed by atoms with Crippen molar-refractivity contribution in [2.75, 3.05) is 41.5 Å². The van der Waals surface area contributed by atoms with E-state index in [9.17, 15) is 0 Å². The number of methoxy groups -OCH3 is 3. The average molecular weight is 370 g/mol. The molecule has 146 valence electrons. The first kappa shape index (κ1) is 19.6. The summed E-state index contributed by atoms with van der Waals surface area (Å²) in [4.78, 5) is 2.44. The second-order valence-corrected chi connectivity index (χ2v) is 7.32. The van der Waals surface area contributed by atoms with Crippen LogP contribution >= 0.6 is 0 Å². The fourth-order valence-corrected chi connectivity index (χ4v) is 4.13. The number of hydrogen-bond donors (Lipinski definition) is 0. The summed E-state index contributed by atoms with van der Waals surface area (Å²) in [5, 5.41) is 0. The highest BCUT2D eigenvalue weighted by Crippen LogP contribution is 2.41. The van der Waals surface area contributed by atoms with Crippen LogP contribution in [-0.4, -0.2) is 46.4 Å². The van der Waals surface area contributed by atoms with Crippen molar-refractivity contribution < 1.29 is 14.2 Å². The first-order valence-electron chi connectivity index (χ1n) is 9.71. The van der Waals surface area contributed by atoms with Gasteiger partial charge in [-0.1, -0.05) is 18.2 Å². The fraction of sp³-hybridized carbons (Fsp3) is 0.478. The van der Waals surface area contributed by atoms with E-state index in [0.717, 1.165) is 43.2 Å². The normalized spacial score (nSPS) is 16.1. The molecule has 0 N–H and O–H groups in total. The van der Waals surface area contributed by atoms with E-state index in [2.05, 4.69) is 36.2 Å². The Balaban J connectivity index is 1.66. The Morgan fingerprint density at radius 3 is 2.63 bits per heavy atom. The number of ether oxygens (including phenoxy) is 3. The molecule has 2 aromatic carbocycles. The molecule has 1 aliphatic carbocycles. The SMILES string of the molecule is COc1cccc(CCN(C)CC2CCCc3c2ccc(OC)c3OC)c1. The molecule has 0 saturated carbocycles. The van der Waals surface area contributed by atoms with Crippen LogP contribution in [0.5, 0.6) is 17.2 Å². The van der Waals surface area contributed by atoms with E-state index in [4.69, 9.17) is 14.2 Å². The lowest BCUT2D eigenvalue weighted by Crippen LogP contribution is -2.28. The molecule has 1 unspecified atom stereocenters. The van der Waals surface area contributed by atoms with Crippen LogP contribution in [0.1, 0.15) is 35.4 Å². The average Bonchev–Trinajstić information content (AvgIpc) is 2.71. The molecule has 0 heterocycles. The van der Waals surface area contributed by atoms with E-state index in [0.29, 0.717) is 5.92 Å². The van der Waals surface area contributed by atoms with Gasteiger partial charge in [0.2, 0.25) is 0 Å². The molecule has 0 aliphatic heterocycles. The molecule has 0 radical (unpaired) electrons. The number of nitrogens with zero attached hydrogens (tertiary/aromatic N) is 1. The summed E-state index contributed by atoms with van der Waals surface area (Å²) in [7, 11) is 7.38. The first-order valence-corrected chi connectivity index (χ1v) is 9.71. The van der Waals surface area contributed by atoms with E-state index in [1.807, 2.05) is 12.1 Å². The highest BCUT2D eigenvalue weighted by molar-refractivity contribution is 5.53. The number of benzene rings is 2. The summed E-state index contributed by atoms with van der Waals surface area (Å²) in [6.45, 7) is 2.10. The molecule has 4 nitrogen and oxygen atoms in total. The zero-order chi connectivity index (χ0) is 19.2. The molecule has 0 fully saturated rings.